The summed E-state index contributed by atoms with van der Waals surface area (Å²) in [5.74, 6) is -2.02. The second-order valence-electron chi connectivity index (χ2n) is 9.86. The maximum absolute atomic E-state index is 6.96. The van der Waals surface area contributed by atoms with Crippen molar-refractivity contribution in [3.05, 3.63) is 71.3 Å². The number of methoxy groups -OCH3 is 4. The number of aryl methyl sites for hydroxylation is 2. The van der Waals surface area contributed by atoms with Crippen LogP contribution in [0.15, 0.2) is 57.4 Å². The maximum Gasteiger partial charge on any atom is 0.246 e. The van der Waals surface area contributed by atoms with E-state index in [0.717, 1.165) is 17.1 Å². The zero-order chi connectivity index (χ0) is 33.4. The van der Waals surface area contributed by atoms with Gasteiger partial charge in [-0.15, -0.1) is 23.2 Å². The molecule has 0 radical (unpaired) electrons. The number of halogens is 8. The summed E-state index contributed by atoms with van der Waals surface area (Å²) in [6, 6.07) is 3.69. The van der Waals surface area contributed by atoms with E-state index in [9.17, 15) is 0 Å². The highest BCUT2D eigenvalue weighted by molar-refractivity contribution is 6.54. The lowest BCUT2D eigenvalue weighted by molar-refractivity contribution is -0.219. The topological polar surface area (TPSA) is 89.0 Å². The molecule has 3 aliphatic carbocycles. The molecular weight excluding hydrogens is 756 g/mol. The van der Waals surface area contributed by atoms with Gasteiger partial charge in [0.25, 0.3) is 0 Å². The van der Waals surface area contributed by atoms with E-state index in [4.69, 9.17) is 121 Å². The molecule has 2 aromatic rings. The fourth-order valence-corrected chi connectivity index (χ4v) is 9.05. The Morgan fingerprint density at radius 2 is 1.20 bits per heavy atom. The lowest BCUT2D eigenvalue weighted by Gasteiger charge is -2.41. The van der Waals surface area contributed by atoms with E-state index in [-0.39, 0.29) is 43.5 Å². The Kier molecular flexibility index (Phi) is 13.9. The van der Waals surface area contributed by atoms with Crippen molar-refractivity contribution < 1.29 is 28.0 Å². The van der Waals surface area contributed by atoms with Gasteiger partial charge in [0.15, 0.2) is 5.76 Å². The van der Waals surface area contributed by atoms with Gasteiger partial charge in [-0.05, 0) is 32.8 Å². The highest BCUT2D eigenvalue weighted by Crippen LogP contribution is 2.75. The molecule has 8 nitrogen and oxygen atoms in total. The normalized spacial score (nSPS) is 27.9. The first-order valence-corrected chi connectivity index (χ1v) is 15.8. The molecule has 2 heterocycles. The zero-order valence-corrected chi connectivity index (χ0v) is 30.9. The largest absolute Gasteiger partial charge is 0.361 e. The lowest BCUT2D eigenvalue weighted by Crippen LogP contribution is -2.57. The fourth-order valence-electron chi connectivity index (χ4n) is 5.58. The van der Waals surface area contributed by atoms with E-state index in [2.05, 4.69) is 10.3 Å². The lowest BCUT2D eigenvalue weighted by atomic mass is 9.81. The van der Waals surface area contributed by atoms with Crippen molar-refractivity contribution in [3.63, 3.8) is 0 Å². The molecule has 4 atom stereocenters. The summed E-state index contributed by atoms with van der Waals surface area (Å²) in [4.78, 5) is -2.52. The van der Waals surface area contributed by atoms with Crippen molar-refractivity contribution in [3.8, 4) is 0 Å². The first kappa shape index (κ1) is 40.7. The van der Waals surface area contributed by atoms with Crippen LogP contribution in [-0.2, 0) is 18.9 Å². The Hall–Kier alpha value is -0.460. The predicted molar refractivity (Wildman–Crippen MR) is 183 cm³/mol. The molecule has 0 saturated heterocycles. The summed E-state index contributed by atoms with van der Waals surface area (Å²) >= 11 is 50.0. The van der Waals surface area contributed by atoms with Crippen LogP contribution in [0, 0.1) is 19.8 Å². The van der Waals surface area contributed by atoms with Gasteiger partial charge in [-0.25, -0.2) is 0 Å². The van der Waals surface area contributed by atoms with Crippen LogP contribution in [0.3, 0.4) is 0 Å². The van der Waals surface area contributed by atoms with Crippen LogP contribution in [-0.4, -0.2) is 60.1 Å². The van der Waals surface area contributed by atoms with Gasteiger partial charge >= 0.3 is 0 Å². The third-order valence-electron chi connectivity index (χ3n) is 7.58. The van der Waals surface area contributed by atoms with Gasteiger partial charge in [0.2, 0.25) is 11.6 Å². The SMILES string of the molecule is C.C/C=C\c1cc(C)no1.COC1(OC)C(Cl)=C(Cl)C(Cl)=C1Cl.COC1(OC)C2(Cl)C(Cl)=C(Cl)C1(Cl)C(c1cc(C)no1)C2C. The quantitative estimate of drug-likeness (QED) is 0.211. The van der Waals surface area contributed by atoms with Gasteiger partial charge in [-0.2, -0.15) is 0 Å². The van der Waals surface area contributed by atoms with Crippen LogP contribution in [0.5, 0.6) is 0 Å². The summed E-state index contributed by atoms with van der Waals surface area (Å²) in [5.41, 5.74) is 1.66. The standard InChI is InChI=1S/C14H15Cl4NO3.C7H6Cl4O2.C7H9NO.CH4/c1-6-5-8(22-19-6)9-7(2)12(17)10(15)11(16)13(9,18)14(12,20-3)21-4;1-12-7(13-2)5(10)3(8)4(9)6(7)11;1-3-4-7-5-6(2)8-9-7;/h5,7,9H,1-4H3;1-2H3;3-5H,1-2H3;1H4/b;;4-3-;. The Bertz CT molecular complexity index is 1470. The van der Waals surface area contributed by atoms with E-state index in [0.29, 0.717) is 5.76 Å². The molecule has 45 heavy (non-hydrogen) atoms. The molecule has 0 aliphatic heterocycles. The van der Waals surface area contributed by atoms with Gasteiger partial charge in [-0.3, -0.25) is 0 Å². The number of ether oxygens (including phenoxy) is 4. The van der Waals surface area contributed by atoms with Crippen LogP contribution >= 0.6 is 92.8 Å². The monoisotopic (exact) mass is 786 g/mol. The van der Waals surface area contributed by atoms with Crippen molar-refractivity contribution >= 4 is 98.9 Å². The summed E-state index contributed by atoms with van der Waals surface area (Å²) in [6.07, 6.45) is 3.79. The van der Waals surface area contributed by atoms with E-state index >= 15 is 0 Å². The molecule has 16 heteroatoms. The molecule has 2 bridgehead atoms. The van der Waals surface area contributed by atoms with Crippen molar-refractivity contribution in [2.24, 2.45) is 5.92 Å². The second kappa shape index (κ2) is 15.4. The van der Waals surface area contributed by atoms with Crippen LogP contribution in [0.2, 0.25) is 0 Å². The molecule has 3 aliphatic rings. The third-order valence-corrected chi connectivity index (χ3v) is 12.2. The van der Waals surface area contributed by atoms with Crippen molar-refractivity contribution in [1.82, 2.24) is 10.3 Å². The number of rotatable bonds is 6. The van der Waals surface area contributed by atoms with Crippen LogP contribution in [0.1, 0.15) is 50.1 Å². The minimum Gasteiger partial charge on any atom is -0.361 e. The molecule has 2 aromatic heterocycles. The molecular formula is C29H34Cl8N2O6. The fraction of sp³-hybridized carbons (Fsp3) is 0.517. The Morgan fingerprint density at radius 3 is 1.53 bits per heavy atom. The maximum atomic E-state index is 6.96. The predicted octanol–water partition coefficient (Wildman–Crippen LogP) is 10.4. The highest BCUT2D eigenvalue weighted by atomic mass is 35.5. The van der Waals surface area contributed by atoms with E-state index < -0.39 is 27.2 Å². The molecule has 1 saturated carbocycles. The summed E-state index contributed by atoms with van der Waals surface area (Å²) < 4.78 is 31.7. The molecule has 252 valence electrons. The first-order valence-electron chi connectivity index (χ1n) is 12.8. The van der Waals surface area contributed by atoms with Crippen molar-refractivity contribution in [1.29, 1.82) is 0 Å². The van der Waals surface area contributed by atoms with Gasteiger partial charge in [0.05, 0.1) is 37.4 Å². The summed E-state index contributed by atoms with van der Waals surface area (Å²) in [6.45, 7) is 7.58. The number of aromatic nitrogens is 2. The zero-order valence-electron chi connectivity index (χ0n) is 24.8. The van der Waals surface area contributed by atoms with E-state index in [1.54, 1.807) is 6.07 Å². The van der Waals surface area contributed by atoms with Gasteiger partial charge in [0.1, 0.15) is 25.6 Å². The molecule has 5 rings (SSSR count). The van der Waals surface area contributed by atoms with Crippen LogP contribution in [0.25, 0.3) is 6.08 Å². The van der Waals surface area contributed by atoms with Crippen LogP contribution in [0.4, 0.5) is 0 Å². The van der Waals surface area contributed by atoms with Crippen LogP contribution < -0.4 is 0 Å². The average Bonchev–Trinajstić information content (AvgIpc) is 3.72. The van der Waals surface area contributed by atoms with Gasteiger partial charge in [0, 0.05) is 40.6 Å². The second-order valence-corrected chi connectivity index (χ2v) is 13.3. The third kappa shape index (κ3) is 6.15. The van der Waals surface area contributed by atoms with Crippen molar-refractivity contribution in [2.75, 3.05) is 28.4 Å². The Morgan fingerprint density at radius 1 is 0.733 bits per heavy atom. The number of fused-ring (bicyclic) bond motifs is 2. The minimum absolute atomic E-state index is 0. The first-order chi connectivity index (χ1) is 20.6. The molecule has 0 aromatic carbocycles. The number of hydrogen-bond donors (Lipinski definition) is 0. The minimum atomic E-state index is -1.41. The molecule has 1 fully saturated rings. The highest BCUT2D eigenvalue weighted by Gasteiger charge is 2.84. The van der Waals surface area contributed by atoms with Gasteiger partial charge in [-0.1, -0.05) is 100 Å². The molecule has 4 unspecified atom stereocenters. The number of hydrogen-bond acceptors (Lipinski definition) is 8. The Labute approximate surface area is 303 Å². The molecule has 0 amide bonds. The summed E-state index contributed by atoms with van der Waals surface area (Å²) in [7, 11) is 5.73. The summed E-state index contributed by atoms with van der Waals surface area (Å²) in [5, 5.41) is 8.66. The van der Waals surface area contributed by atoms with Crippen molar-refractivity contribution in [2.45, 2.75) is 62.4 Å². The Balaban J connectivity index is 0.000000261. The van der Waals surface area contributed by atoms with E-state index in [1.165, 1.54) is 28.4 Å². The number of alkyl halides is 2. The van der Waals surface area contributed by atoms with Gasteiger partial charge < -0.3 is 28.0 Å². The molecule has 0 N–H and O–H groups in total. The number of allylic oxidation sites excluding steroid dienone is 3. The average molecular weight is 790 g/mol. The molecule has 0 spiro atoms. The smallest absolute Gasteiger partial charge is 0.246 e. The van der Waals surface area contributed by atoms with E-state index in [1.807, 2.05) is 45.9 Å². The number of nitrogens with zero attached hydrogens (tertiary/aromatic N) is 2.